The summed E-state index contributed by atoms with van der Waals surface area (Å²) in [5.74, 6) is 0. The molecule has 1 unspecified atom stereocenters. The van der Waals surface area contributed by atoms with Crippen LogP contribution in [-0.4, -0.2) is 35.5 Å². The maximum Gasteiger partial charge on any atom is 0.0534 e. The molecule has 0 aromatic carbocycles. The average molecular weight is 259 g/mol. The van der Waals surface area contributed by atoms with Crippen LogP contribution >= 0.6 is 12.4 Å². The molecule has 1 atom stereocenters. The Balaban J connectivity index is 0.00000144. The predicted octanol–water partition coefficient (Wildman–Crippen LogP) is 1.28. The van der Waals surface area contributed by atoms with Crippen LogP contribution in [0.5, 0.6) is 0 Å². The number of piperidine rings is 1. The summed E-state index contributed by atoms with van der Waals surface area (Å²) < 4.78 is 1.97. The lowest BCUT2D eigenvalue weighted by molar-refractivity contribution is 0.184. The fraction of sp³-hybridized carbons (Fsp3) is 0.750. The van der Waals surface area contributed by atoms with Crippen molar-refractivity contribution in [2.24, 2.45) is 5.41 Å². The summed E-state index contributed by atoms with van der Waals surface area (Å²) in [4.78, 5) is 0. The molecule has 2 N–H and O–H groups in total. The van der Waals surface area contributed by atoms with Gasteiger partial charge in [-0.1, -0.05) is 13.8 Å². The van der Waals surface area contributed by atoms with Gasteiger partial charge >= 0.3 is 0 Å². The standard InChI is InChI=1S/C12H22N4.ClH/c1-12(2)10-13-6-4-11(12)14-7-9-16-8-3-5-15-16;/h3,5,8,11,13-14H,4,6-7,9-10H2,1-2H3;1H. The van der Waals surface area contributed by atoms with Crippen molar-refractivity contribution in [2.45, 2.75) is 32.9 Å². The number of aromatic nitrogens is 2. The molecule has 1 fully saturated rings. The highest BCUT2D eigenvalue weighted by Crippen LogP contribution is 2.24. The zero-order valence-corrected chi connectivity index (χ0v) is 11.5. The molecule has 0 aliphatic carbocycles. The summed E-state index contributed by atoms with van der Waals surface area (Å²) in [7, 11) is 0. The normalized spacial score (nSPS) is 23.1. The van der Waals surface area contributed by atoms with E-state index in [9.17, 15) is 0 Å². The maximum atomic E-state index is 4.20. The van der Waals surface area contributed by atoms with E-state index in [1.54, 1.807) is 0 Å². The van der Waals surface area contributed by atoms with Crippen molar-refractivity contribution in [3.8, 4) is 0 Å². The van der Waals surface area contributed by atoms with Crippen molar-refractivity contribution in [1.29, 1.82) is 0 Å². The van der Waals surface area contributed by atoms with Crippen LogP contribution in [0.3, 0.4) is 0 Å². The lowest BCUT2D eigenvalue weighted by Crippen LogP contribution is -2.53. The molecule has 2 rings (SSSR count). The van der Waals surface area contributed by atoms with Gasteiger partial charge in [0.25, 0.3) is 0 Å². The van der Waals surface area contributed by atoms with Crippen LogP contribution in [0.1, 0.15) is 20.3 Å². The highest BCUT2D eigenvalue weighted by Gasteiger charge is 2.31. The second-order valence-corrected chi connectivity index (χ2v) is 5.23. The van der Waals surface area contributed by atoms with Crippen LogP contribution in [0, 0.1) is 5.41 Å². The highest BCUT2D eigenvalue weighted by molar-refractivity contribution is 5.85. The minimum atomic E-state index is 0. The van der Waals surface area contributed by atoms with E-state index >= 15 is 0 Å². The molecule has 0 radical (unpaired) electrons. The third kappa shape index (κ3) is 3.98. The van der Waals surface area contributed by atoms with Crippen molar-refractivity contribution < 1.29 is 0 Å². The van der Waals surface area contributed by atoms with Gasteiger partial charge in [0.15, 0.2) is 0 Å². The molecule has 0 saturated carbocycles. The average Bonchev–Trinajstić information content (AvgIpc) is 2.73. The third-order valence-corrected chi connectivity index (χ3v) is 3.42. The molecule has 0 bridgehead atoms. The summed E-state index contributed by atoms with van der Waals surface area (Å²) in [5, 5.41) is 11.3. The summed E-state index contributed by atoms with van der Waals surface area (Å²) in [5.41, 5.74) is 0.350. The number of hydrogen-bond acceptors (Lipinski definition) is 3. The predicted molar refractivity (Wildman–Crippen MR) is 72.5 cm³/mol. The lowest BCUT2D eigenvalue weighted by atomic mass is 9.80. The smallest absolute Gasteiger partial charge is 0.0534 e. The Morgan fingerprint density at radius 2 is 2.35 bits per heavy atom. The fourth-order valence-corrected chi connectivity index (χ4v) is 2.34. The summed E-state index contributed by atoms with van der Waals surface area (Å²) in [6, 6.07) is 2.58. The first-order chi connectivity index (χ1) is 7.68. The summed E-state index contributed by atoms with van der Waals surface area (Å²) in [6.07, 6.45) is 5.05. The highest BCUT2D eigenvalue weighted by atomic mass is 35.5. The van der Waals surface area contributed by atoms with Gasteiger partial charge in [0.1, 0.15) is 0 Å². The molecule has 0 spiro atoms. The van der Waals surface area contributed by atoms with Crippen molar-refractivity contribution in [2.75, 3.05) is 19.6 Å². The molecule has 1 aromatic heterocycles. The largest absolute Gasteiger partial charge is 0.316 e. The van der Waals surface area contributed by atoms with Gasteiger partial charge in [0.2, 0.25) is 0 Å². The quantitative estimate of drug-likeness (QED) is 0.855. The molecule has 0 amide bonds. The number of rotatable bonds is 4. The molecule has 2 heterocycles. The molecule has 17 heavy (non-hydrogen) atoms. The maximum absolute atomic E-state index is 4.20. The van der Waals surface area contributed by atoms with E-state index in [-0.39, 0.29) is 12.4 Å². The molecule has 1 aromatic rings. The van der Waals surface area contributed by atoms with E-state index in [0.717, 1.165) is 26.2 Å². The van der Waals surface area contributed by atoms with Gasteiger partial charge in [-0.2, -0.15) is 5.10 Å². The van der Waals surface area contributed by atoms with Crippen LogP contribution in [0.25, 0.3) is 0 Å². The molecular weight excluding hydrogens is 236 g/mol. The van der Waals surface area contributed by atoms with Gasteiger partial charge in [-0.3, -0.25) is 4.68 Å². The second kappa shape index (κ2) is 6.38. The Bertz CT molecular complexity index is 310. The lowest BCUT2D eigenvalue weighted by Gasteiger charge is -2.39. The molecule has 5 heteroatoms. The van der Waals surface area contributed by atoms with E-state index in [4.69, 9.17) is 0 Å². The molecule has 1 aliphatic rings. The minimum absolute atomic E-state index is 0. The molecule has 4 nitrogen and oxygen atoms in total. The Morgan fingerprint density at radius 1 is 1.53 bits per heavy atom. The number of hydrogen-bond donors (Lipinski definition) is 2. The Kier molecular flexibility index (Phi) is 5.43. The van der Waals surface area contributed by atoms with Crippen LogP contribution in [-0.2, 0) is 6.54 Å². The zero-order chi connectivity index (χ0) is 11.4. The van der Waals surface area contributed by atoms with Crippen LogP contribution in [0.15, 0.2) is 18.5 Å². The van der Waals surface area contributed by atoms with Crippen LogP contribution in [0.4, 0.5) is 0 Å². The second-order valence-electron chi connectivity index (χ2n) is 5.23. The van der Waals surface area contributed by atoms with Gasteiger partial charge in [0, 0.05) is 31.5 Å². The molecule has 98 valence electrons. The number of halogens is 1. The van der Waals surface area contributed by atoms with E-state index in [1.165, 1.54) is 6.42 Å². The fourth-order valence-electron chi connectivity index (χ4n) is 2.34. The summed E-state index contributed by atoms with van der Waals surface area (Å²) in [6.45, 7) is 8.83. The summed E-state index contributed by atoms with van der Waals surface area (Å²) >= 11 is 0. The van der Waals surface area contributed by atoms with E-state index in [1.807, 2.05) is 23.1 Å². The first kappa shape index (κ1) is 14.5. The van der Waals surface area contributed by atoms with Crippen LogP contribution in [0.2, 0.25) is 0 Å². The van der Waals surface area contributed by atoms with E-state index in [0.29, 0.717) is 11.5 Å². The monoisotopic (exact) mass is 258 g/mol. The van der Waals surface area contributed by atoms with Crippen LogP contribution < -0.4 is 10.6 Å². The Hall–Kier alpha value is -0.580. The Morgan fingerprint density at radius 3 is 3.00 bits per heavy atom. The SMILES string of the molecule is CC1(C)CNCCC1NCCn1cccn1.Cl. The van der Waals surface area contributed by atoms with Gasteiger partial charge in [0.05, 0.1) is 6.54 Å². The van der Waals surface area contributed by atoms with Gasteiger partial charge in [-0.15, -0.1) is 12.4 Å². The Labute approximate surface area is 110 Å². The topological polar surface area (TPSA) is 41.9 Å². The van der Waals surface area contributed by atoms with E-state index in [2.05, 4.69) is 29.6 Å². The van der Waals surface area contributed by atoms with Gasteiger partial charge in [-0.05, 0) is 24.4 Å². The van der Waals surface area contributed by atoms with Crippen molar-refractivity contribution in [1.82, 2.24) is 20.4 Å². The van der Waals surface area contributed by atoms with Crippen molar-refractivity contribution in [3.63, 3.8) is 0 Å². The first-order valence-corrected chi connectivity index (χ1v) is 6.10. The van der Waals surface area contributed by atoms with Gasteiger partial charge < -0.3 is 10.6 Å². The first-order valence-electron chi connectivity index (χ1n) is 6.10. The minimum Gasteiger partial charge on any atom is -0.316 e. The van der Waals surface area contributed by atoms with Gasteiger partial charge in [-0.25, -0.2) is 0 Å². The molecule has 1 saturated heterocycles. The van der Waals surface area contributed by atoms with Crippen molar-refractivity contribution >= 4 is 12.4 Å². The zero-order valence-electron chi connectivity index (χ0n) is 10.6. The van der Waals surface area contributed by atoms with E-state index < -0.39 is 0 Å². The van der Waals surface area contributed by atoms with Crippen molar-refractivity contribution in [3.05, 3.63) is 18.5 Å². The molecular formula is C12H23ClN4. The number of nitrogens with one attached hydrogen (secondary N) is 2. The number of nitrogens with zero attached hydrogens (tertiary/aromatic N) is 2. The third-order valence-electron chi connectivity index (χ3n) is 3.42. The molecule has 1 aliphatic heterocycles.